The summed E-state index contributed by atoms with van der Waals surface area (Å²) in [5.41, 5.74) is 4.16. The zero-order valence-electron chi connectivity index (χ0n) is 11.6. The first kappa shape index (κ1) is 11.3. The highest BCUT2D eigenvalue weighted by atomic mass is 16.7. The molecule has 0 N–H and O–H groups in total. The monoisotopic (exact) mass is 292 g/mol. The smallest absolute Gasteiger partial charge is 0.231 e. The lowest BCUT2D eigenvalue weighted by molar-refractivity contribution is 0.0524. The Bertz CT molecular complexity index is 856. The van der Waals surface area contributed by atoms with Crippen LogP contribution in [0.2, 0.25) is 0 Å². The summed E-state index contributed by atoms with van der Waals surface area (Å²) < 4.78 is 17.3. The van der Waals surface area contributed by atoms with E-state index in [4.69, 9.17) is 14.2 Å². The van der Waals surface area contributed by atoms with Gasteiger partial charge in [-0.3, -0.25) is 4.79 Å². The highest BCUT2D eigenvalue weighted by Crippen LogP contribution is 2.66. The lowest BCUT2D eigenvalue weighted by Gasteiger charge is -2.23. The van der Waals surface area contributed by atoms with Gasteiger partial charge in [-0.2, -0.15) is 0 Å². The minimum Gasteiger partial charge on any atom is -0.454 e. The van der Waals surface area contributed by atoms with Gasteiger partial charge in [0.1, 0.15) is 0 Å². The summed E-state index contributed by atoms with van der Waals surface area (Å²) in [7, 11) is 0. The van der Waals surface area contributed by atoms with Gasteiger partial charge in [-0.15, -0.1) is 0 Å². The molecule has 2 aromatic carbocycles. The van der Waals surface area contributed by atoms with E-state index in [9.17, 15) is 4.79 Å². The number of rotatable bonds is 0. The summed E-state index contributed by atoms with van der Waals surface area (Å²) in [5, 5.41) is 0. The molecule has 2 aromatic rings. The maximum absolute atomic E-state index is 12.9. The van der Waals surface area contributed by atoms with Gasteiger partial charge < -0.3 is 14.2 Å². The second-order valence-corrected chi connectivity index (χ2v) is 6.28. The van der Waals surface area contributed by atoms with E-state index in [1.807, 2.05) is 24.3 Å². The Kier molecular flexibility index (Phi) is 1.80. The SMILES string of the molecule is O=C1c2ccc3c(c2[C@H]2[C@@H]1[C@H]1O[C@@H]2c2ccccc21)OCO3. The molecule has 0 saturated carbocycles. The van der Waals surface area contributed by atoms with E-state index in [1.165, 1.54) is 11.1 Å². The molecule has 3 heterocycles. The summed E-state index contributed by atoms with van der Waals surface area (Å²) in [6, 6.07) is 12.0. The van der Waals surface area contributed by atoms with Crippen LogP contribution in [-0.4, -0.2) is 12.6 Å². The molecule has 1 aliphatic carbocycles. The molecule has 3 aliphatic heterocycles. The van der Waals surface area contributed by atoms with Gasteiger partial charge in [0.2, 0.25) is 6.79 Å². The summed E-state index contributed by atoms with van der Waals surface area (Å²) >= 11 is 0. The van der Waals surface area contributed by atoms with Gasteiger partial charge in [-0.1, -0.05) is 24.3 Å². The van der Waals surface area contributed by atoms with Crippen LogP contribution in [0.3, 0.4) is 0 Å². The first-order chi connectivity index (χ1) is 10.8. The summed E-state index contributed by atoms with van der Waals surface area (Å²) in [5.74, 6) is 1.60. The average molecular weight is 292 g/mol. The van der Waals surface area contributed by atoms with Crippen molar-refractivity contribution in [3.05, 3.63) is 58.7 Å². The molecule has 6 rings (SSSR count). The maximum atomic E-state index is 12.9. The van der Waals surface area contributed by atoms with Crippen molar-refractivity contribution in [3.63, 3.8) is 0 Å². The summed E-state index contributed by atoms with van der Waals surface area (Å²) in [4.78, 5) is 12.9. The second-order valence-electron chi connectivity index (χ2n) is 6.28. The van der Waals surface area contributed by atoms with Crippen LogP contribution in [-0.2, 0) is 4.74 Å². The molecule has 4 nitrogen and oxygen atoms in total. The molecule has 1 saturated heterocycles. The van der Waals surface area contributed by atoms with Crippen LogP contribution >= 0.6 is 0 Å². The van der Waals surface area contributed by atoms with Crippen molar-refractivity contribution in [1.82, 2.24) is 0 Å². The Balaban J connectivity index is 1.62. The van der Waals surface area contributed by atoms with E-state index in [0.29, 0.717) is 0 Å². The zero-order valence-corrected chi connectivity index (χ0v) is 11.6. The first-order valence-corrected chi connectivity index (χ1v) is 7.55. The number of ketones is 1. The van der Waals surface area contributed by atoms with Gasteiger partial charge in [-0.25, -0.2) is 0 Å². The van der Waals surface area contributed by atoms with Crippen molar-refractivity contribution in [2.75, 3.05) is 6.79 Å². The van der Waals surface area contributed by atoms with Crippen molar-refractivity contribution in [2.45, 2.75) is 18.1 Å². The zero-order chi connectivity index (χ0) is 14.4. The Hall–Kier alpha value is -2.33. The Labute approximate surface area is 126 Å². The Morgan fingerprint density at radius 3 is 2.50 bits per heavy atom. The molecule has 4 heteroatoms. The lowest BCUT2D eigenvalue weighted by atomic mass is 9.76. The molecular weight excluding hydrogens is 280 g/mol. The quantitative estimate of drug-likeness (QED) is 0.748. The number of Topliss-reactive ketones (excluding diaryl/α,β-unsaturated/α-hetero) is 1. The highest BCUT2D eigenvalue weighted by molar-refractivity contribution is 6.05. The predicted octanol–water partition coefficient (Wildman–Crippen LogP) is 3.14. The molecule has 22 heavy (non-hydrogen) atoms. The van der Waals surface area contributed by atoms with Crippen molar-refractivity contribution < 1.29 is 19.0 Å². The average Bonchev–Trinajstić information content (AvgIpc) is 3.28. The van der Waals surface area contributed by atoms with E-state index >= 15 is 0 Å². The molecule has 0 amide bonds. The van der Waals surface area contributed by atoms with Crippen molar-refractivity contribution >= 4 is 5.78 Å². The third kappa shape index (κ3) is 1.07. The Morgan fingerprint density at radius 1 is 0.909 bits per heavy atom. The molecular formula is C18H12O4. The third-order valence-electron chi connectivity index (χ3n) is 5.42. The number of hydrogen-bond acceptors (Lipinski definition) is 4. The van der Waals surface area contributed by atoms with Gasteiger partial charge >= 0.3 is 0 Å². The number of hydrogen-bond donors (Lipinski definition) is 0. The number of carbonyl (C=O) groups is 1. The van der Waals surface area contributed by atoms with Gasteiger partial charge in [0, 0.05) is 17.0 Å². The molecule has 4 atom stereocenters. The second kappa shape index (κ2) is 3.52. The summed E-state index contributed by atoms with van der Waals surface area (Å²) in [6.07, 6.45) is -0.170. The van der Waals surface area contributed by atoms with E-state index in [2.05, 4.69) is 12.1 Å². The largest absolute Gasteiger partial charge is 0.454 e. The maximum Gasteiger partial charge on any atom is 0.231 e. The minimum absolute atomic E-state index is 0.0490. The fourth-order valence-electron chi connectivity index (χ4n) is 4.62. The van der Waals surface area contributed by atoms with Gasteiger partial charge in [-0.05, 0) is 23.3 Å². The van der Waals surface area contributed by atoms with E-state index in [-0.39, 0.29) is 36.6 Å². The van der Waals surface area contributed by atoms with E-state index in [1.54, 1.807) is 0 Å². The standard InChI is InChI=1S/C18H12O4/c19-15-10-5-6-11-18(21-7-20-11)12(10)13-14(15)17-9-4-2-1-3-8(9)16(13)22-17/h1-6,13-14,16-17H,7H2/t13-,14-,16+,17-/m0/s1. The topological polar surface area (TPSA) is 44.8 Å². The van der Waals surface area contributed by atoms with Gasteiger partial charge in [0.15, 0.2) is 17.3 Å². The van der Waals surface area contributed by atoms with Crippen molar-refractivity contribution in [2.24, 2.45) is 5.92 Å². The third-order valence-corrected chi connectivity index (χ3v) is 5.42. The van der Waals surface area contributed by atoms with Crippen LogP contribution in [0.5, 0.6) is 11.5 Å². The van der Waals surface area contributed by atoms with Gasteiger partial charge in [0.25, 0.3) is 0 Å². The number of ether oxygens (including phenoxy) is 3. The molecule has 2 bridgehead atoms. The first-order valence-electron chi connectivity index (χ1n) is 7.55. The highest BCUT2D eigenvalue weighted by Gasteiger charge is 2.60. The molecule has 108 valence electrons. The van der Waals surface area contributed by atoms with Crippen LogP contribution in [0.1, 0.15) is 45.2 Å². The number of benzene rings is 2. The van der Waals surface area contributed by atoms with E-state index < -0.39 is 0 Å². The molecule has 1 fully saturated rings. The van der Waals surface area contributed by atoms with Crippen LogP contribution in [0, 0.1) is 5.92 Å². The number of fused-ring (bicyclic) bond motifs is 12. The fraction of sp³-hybridized carbons (Fsp3) is 0.278. The van der Waals surface area contributed by atoms with Crippen LogP contribution in [0.4, 0.5) is 0 Å². The molecule has 0 aromatic heterocycles. The van der Waals surface area contributed by atoms with Crippen molar-refractivity contribution in [1.29, 1.82) is 0 Å². The molecule has 0 radical (unpaired) electrons. The van der Waals surface area contributed by atoms with Crippen LogP contribution in [0.15, 0.2) is 36.4 Å². The lowest BCUT2D eigenvalue weighted by Crippen LogP contribution is -2.20. The minimum atomic E-state index is -0.121. The molecule has 4 aliphatic rings. The van der Waals surface area contributed by atoms with Gasteiger partial charge in [0.05, 0.1) is 18.1 Å². The summed E-state index contributed by atoms with van der Waals surface area (Å²) in [6.45, 7) is 0.225. The fourth-order valence-corrected chi connectivity index (χ4v) is 4.62. The predicted molar refractivity (Wildman–Crippen MR) is 76.1 cm³/mol. The Morgan fingerprint density at radius 2 is 1.68 bits per heavy atom. The van der Waals surface area contributed by atoms with Crippen molar-refractivity contribution in [3.8, 4) is 11.5 Å². The van der Waals surface area contributed by atoms with E-state index in [0.717, 1.165) is 22.6 Å². The normalized spacial score (nSPS) is 32.1. The van der Waals surface area contributed by atoms with Crippen LogP contribution in [0.25, 0.3) is 0 Å². The van der Waals surface area contributed by atoms with Crippen LogP contribution < -0.4 is 9.47 Å². The molecule has 0 spiro atoms. The molecule has 0 unspecified atom stereocenters. The number of carbonyl (C=O) groups excluding carboxylic acids is 1.